The van der Waals surface area contributed by atoms with E-state index in [2.05, 4.69) is 0 Å². The van der Waals surface area contributed by atoms with Crippen LogP contribution < -0.4 is 23.8 Å². The van der Waals surface area contributed by atoms with Gasteiger partial charge < -0.3 is 29.0 Å². The lowest BCUT2D eigenvalue weighted by Gasteiger charge is -2.30. The van der Waals surface area contributed by atoms with E-state index in [-0.39, 0.29) is 5.57 Å². The Labute approximate surface area is 300 Å². The van der Waals surface area contributed by atoms with Crippen molar-refractivity contribution in [2.24, 2.45) is 0 Å². The lowest BCUT2D eigenvalue weighted by Crippen LogP contribution is -2.14. The summed E-state index contributed by atoms with van der Waals surface area (Å²) in [6, 6.07) is 41.4. The predicted molar refractivity (Wildman–Crippen MR) is 203 cm³/mol. The first kappa shape index (κ1) is 34.4. The summed E-state index contributed by atoms with van der Waals surface area (Å²) >= 11 is 1.40. The number of hydrogen-bond acceptors (Lipinski definition) is 8. The number of carboxylic acids is 1. The first-order valence-electron chi connectivity index (χ1n) is 15.9. The maximum atomic E-state index is 11.4. The van der Waals surface area contributed by atoms with Crippen molar-refractivity contribution in [1.82, 2.24) is 0 Å². The van der Waals surface area contributed by atoms with Crippen LogP contribution in [0.1, 0.15) is 4.88 Å². The normalized spacial score (nSPS) is 11.0. The van der Waals surface area contributed by atoms with Crippen molar-refractivity contribution in [2.75, 3.05) is 33.3 Å². The molecule has 9 heteroatoms. The highest BCUT2D eigenvalue weighted by Crippen LogP contribution is 2.53. The van der Waals surface area contributed by atoms with E-state index in [1.165, 1.54) is 17.4 Å². The zero-order valence-corrected chi connectivity index (χ0v) is 29.2. The summed E-state index contributed by atoms with van der Waals surface area (Å²) in [5.41, 5.74) is 6.53. The van der Waals surface area contributed by atoms with Gasteiger partial charge in [0.2, 0.25) is 0 Å². The molecule has 8 nitrogen and oxygen atoms in total. The van der Waals surface area contributed by atoms with E-state index >= 15 is 0 Å². The Bertz CT molecular complexity index is 2140. The number of nitrogens with zero attached hydrogens (tertiary/aromatic N) is 2. The molecule has 1 N–H and O–H groups in total. The maximum Gasteiger partial charge on any atom is 0.346 e. The molecule has 0 unspecified atom stereocenters. The molecule has 1 heterocycles. The third-order valence-electron chi connectivity index (χ3n) is 8.32. The van der Waals surface area contributed by atoms with Gasteiger partial charge in [0.05, 0.1) is 39.8 Å². The van der Waals surface area contributed by atoms with Gasteiger partial charge in [0.15, 0.2) is 23.0 Å². The Kier molecular flexibility index (Phi) is 10.4. The summed E-state index contributed by atoms with van der Waals surface area (Å²) in [5, 5.41) is 18.5. The Morgan fingerprint density at radius 2 is 1.12 bits per heavy atom. The molecule has 5 aromatic carbocycles. The molecule has 6 rings (SSSR count). The summed E-state index contributed by atoms with van der Waals surface area (Å²) in [5.74, 6) is 0.943. The third-order valence-corrected chi connectivity index (χ3v) is 9.41. The zero-order chi connectivity index (χ0) is 35.9. The van der Waals surface area contributed by atoms with Crippen molar-refractivity contribution >= 4 is 40.4 Å². The van der Waals surface area contributed by atoms with Gasteiger partial charge in [-0.1, -0.05) is 72.8 Å². The van der Waals surface area contributed by atoms with Gasteiger partial charge in [-0.25, -0.2) is 4.79 Å². The van der Waals surface area contributed by atoms with E-state index in [0.717, 1.165) is 38.4 Å². The van der Waals surface area contributed by atoms with E-state index in [1.54, 1.807) is 40.6 Å². The summed E-state index contributed by atoms with van der Waals surface area (Å²) in [7, 11) is 6.51. The van der Waals surface area contributed by atoms with Crippen LogP contribution in [-0.4, -0.2) is 39.5 Å². The van der Waals surface area contributed by atoms with E-state index in [9.17, 15) is 15.2 Å². The van der Waals surface area contributed by atoms with Crippen molar-refractivity contribution in [3.8, 4) is 61.8 Å². The van der Waals surface area contributed by atoms with Crippen LogP contribution in [-0.2, 0) is 4.79 Å². The molecular formula is C42H34N2O6S. The number of thiophene rings is 1. The number of anilines is 3. The molecule has 0 atom stereocenters. The molecule has 0 saturated carbocycles. The van der Waals surface area contributed by atoms with Gasteiger partial charge in [-0.05, 0) is 71.3 Å². The molecule has 0 spiro atoms. The highest BCUT2D eigenvalue weighted by Gasteiger charge is 2.28. The van der Waals surface area contributed by atoms with Gasteiger partial charge in [0, 0.05) is 26.6 Å². The standard InChI is InChI=1S/C42H34N2O6S/c1-47-38-33(27-11-7-5-8-12-27)20-22-35(40(38)49-3)44(36-23-21-34(28-13-9-6-10-14-28)39(48-2)41(36)50-4)31-17-15-29(16-18-31)37-24-19-32(51-37)25-30(26-43)42(45)46/h5-25H,1-4H3,(H,45,46)/b30-25+. The van der Waals surface area contributed by atoms with Crippen LogP contribution in [0.2, 0.25) is 0 Å². The van der Waals surface area contributed by atoms with Gasteiger partial charge in [0.1, 0.15) is 11.6 Å². The smallest absolute Gasteiger partial charge is 0.346 e. The monoisotopic (exact) mass is 694 g/mol. The second kappa shape index (κ2) is 15.4. The number of carbonyl (C=O) groups is 1. The van der Waals surface area contributed by atoms with E-state index in [0.29, 0.717) is 39.2 Å². The molecule has 0 aliphatic rings. The minimum absolute atomic E-state index is 0.320. The highest BCUT2D eigenvalue weighted by atomic mass is 32.1. The largest absolute Gasteiger partial charge is 0.492 e. The zero-order valence-electron chi connectivity index (χ0n) is 28.4. The van der Waals surface area contributed by atoms with Crippen molar-refractivity contribution in [1.29, 1.82) is 5.26 Å². The number of methoxy groups -OCH3 is 4. The number of hydrogen-bond donors (Lipinski definition) is 1. The summed E-state index contributed by atoms with van der Waals surface area (Å²) in [6.45, 7) is 0. The van der Waals surface area contributed by atoms with Crippen LogP contribution in [0, 0.1) is 11.3 Å². The Morgan fingerprint density at radius 1 is 0.627 bits per heavy atom. The first-order valence-corrected chi connectivity index (χ1v) is 16.7. The van der Waals surface area contributed by atoms with Crippen LogP contribution in [0.15, 0.2) is 127 Å². The average molecular weight is 695 g/mol. The minimum Gasteiger partial charge on any atom is -0.492 e. The van der Waals surface area contributed by atoms with E-state index in [4.69, 9.17) is 18.9 Å². The fourth-order valence-corrected chi connectivity index (χ4v) is 6.96. The molecule has 0 amide bonds. The molecule has 0 fully saturated rings. The van der Waals surface area contributed by atoms with Crippen LogP contribution in [0.4, 0.5) is 17.1 Å². The molecular weight excluding hydrogens is 661 g/mol. The average Bonchev–Trinajstić information content (AvgIpc) is 3.65. The molecule has 0 bridgehead atoms. The Morgan fingerprint density at radius 3 is 1.55 bits per heavy atom. The number of rotatable bonds is 12. The fraction of sp³-hybridized carbons (Fsp3) is 0.0952. The summed E-state index contributed by atoms with van der Waals surface area (Å²) < 4.78 is 24.3. The number of carboxylic acid groups (broad SMARTS) is 1. The number of benzene rings is 5. The highest BCUT2D eigenvalue weighted by molar-refractivity contribution is 7.16. The van der Waals surface area contributed by atoms with Crippen LogP contribution in [0.5, 0.6) is 23.0 Å². The molecule has 0 saturated heterocycles. The lowest BCUT2D eigenvalue weighted by atomic mass is 10.0. The predicted octanol–water partition coefficient (Wildman–Crippen LogP) is 10.2. The maximum absolute atomic E-state index is 11.4. The molecule has 0 aliphatic carbocycles. The van der Waals surface area contributed by atoms with Crippen LogP contribution >= 0.6 is 11.3 Å². The molecule has 0 radical (unpaired) electrons. The van der Waals surface area contributed by atoms with Crippen molar-refractivity contribution in [2.45, 2.75) is 0 Å². The summed E-state index contributed by atoms with van der Waals surface area (Å²) in [4.78, 5) is 15.0. The second-order valence-corrected chi connectivity index (χ2v) is 12.3. The Hall–Kier alpha value is -6.50. The molecule has 0 aliphatic heterocycles. The van der Waals surface area contributed by atoms with Crippen molar-refractivity contribution < 1.29 is 28.8 Å². The molecule has 6 aromatic rings. The topological polar surface area (TPSA) is 101 Å². The van der Waals surface area contributed by atoms with Gasteiger partial charge in [-0.3, -0.25) is 0 Å². The van der Waals surface area contributed by atoms with Gasteiger partial charge in [-0.2, -0.15) is 5.26 Å². The molecule has 1 aromatic heterocycles. The Balaban J connectivity index is 1.54. The van der Waals surface area contributed by atoms with Crippen molar-refractivity contribution in [3.63, 3.8) is 0 Å². The first-order chi connectivity index (χ1) is 24.9. The SMILES string of the molecule is COc1c(-c2ccccc2)ccc(N(c2ccc(-c3ccc(/C=C(\C#N)C(=O)O)s3)cc2)c2ccc(-c3ccccc3)c(OC)c2OC)c1OC. The second-order valence-electron chi connectivity index (χ2n) is 11.2. The third kappa shape index (κ3) is 6.86. The fourth-order valence-electron chi connectivity index (χ4n) is 6.00. The van der Waals surface area contributed by atoms with E-state index in [1.807, 2.05) is 120 Å². The van der Waals surface area contributed by atoms with E-state index < -0.39 is 5.97 Å². The van der Waals surface area contributed by atoms with Crippen molar-refractivity contribution in [3.05, 3.63) is 132 Å². The lowest BCUT2D eigenvalue weighted by molar-refractivity contribution is -0.132. The number of nitriles is 1. The van der Waals surface area contributed by atoms with Gasteiger partial charge in [-0.15, -0.1) is 11.3 Å². The summed E-state index contributed by atoms with van der Waals surface area (Å²) in [6.07, 6.45) is 1.38. The van der Waals surface area contributed by atoms with Crippen LogP contribution in [0.3, 0.4) is 0 Å². The minimum atomic E-state index is -1.26. The van der Waals surface area contributed by atoms with Crippen LogP contribution in [0.25, 0.3) is 38.8 Å². The molecule has 254 valence electrons. The molecule has 51 heavy (non-hydrogen) atoms. The number of ether oxygens (including phenoxy) is 4. The van der Waals surface area contributed by atoms with Gasteiger partial charge >= 0.3 is 5.97 Å². The van der Waals surface area contributed by atoms with Gasteiger partial charge in [0.25, 0.3) is 0 Å². The quantitative estimate of drug-likeness (QED) is 0.0998. The number of aliphatic carboxylic acids is 1.